The summed E-state index contributed by atoms with van der Waals surface area (Å²) in [5.41, 5.74) is 6.99. The minimum Gasteiger partial charge on any atom is -0.375 e. The third-order valence-corrected chi connectivity index (χ3v) is 6.46. The Hall–Kier alpha value is -2.66. The minimum atomic E-state index is -3.28. The molecule has 0 aliphatic carbocycles. The van der Waals surface area contributed by atoms with E-state index in [1.807, 2.05) is 0 Å². The van der Waals surface area contributed by atoms with Crippen molar-refractivity contribution in [2.24, 2.45) is 0 Å². The second-order valence-corrected chi connectivity index (χ2v) is 8.47. The number of carbonyl (C=O) groups excluding carboxylic acids is 1. The number of nitrogens with zero attached hydrogens (tertiary/aromatic N) is 3. The molecule has 4 N–H and O–H groups in total. The van der Waals surface area contributed by atoms with Gasteiger partial charge in [0.05, 0.1) is 17.0 Å². The summed E-state index contributed by atoms with van der Waals surface area (Å²) in [7, 11) is -3.28. The van der Waals surface area contributed by atoms with Crippen molar-refractivity contribution in [3.63, 3.8) is 0 Å². The number of sulfonamides is 1. The van der Waals surface area contributed by atoms with Gasteiger partial charge in [-0.1, -0.05) is 0 Å². The lowest BCUT2D eigenvalue weighted by Crippen LogP contribution is -2.24. The second kappa shape index (κ2) is 5.70. The van der Waals surface area contributed by atoms with Gasteiger partial charge in [-0.15, -0.1) is 11.3 Å². The Morgan fingerprint density at radius 3 is 2.92 bits per heavy atom. The quantitative estimate of drug-likeness (QED) is 0.630. The average Bonchev–Trinajstić information content (AvgIpc) is 3.26. The maximum Gasteiger partial charge on any atom is 0.276 e. The zero-order chi connectivity index (χ0) is 17.6. The average molecular weight is 378 g/mol. The van der Waals surface area contributed by atoms with Crippen molar-refractivity contribution in [2.75, 3.05) is 27.7 Å². The fourth-order valence-electron chi connectivity index (χ4n) is 2.75. The van der Waals surface area contributed by atoms with Gasteiger partial charge in [-0.3, -0.25) is 14.2 Å². The van der Waals surface area contributed by atoms with E-state index in [1.165, 1.54) is 15.6 Å². The van der Waals surface area contributed by atoms with Crippen LogP contribution in [0, 0.1) is 0 Å². The van der Waals surface area contributed by atoms with Gasteiger partial charge < -0.3 is 11.1 Å². The van der Waals surface area contributed by atoms with Crippen LogP contribution in [0.3, 0.4) is 0 Å². The van der Waals surface area contributed by atoms with E-state index in [0.717, 1.165) is 0 Å². The first-order valence-electron chi connectivity index (χ1n) is 7.45. The summed E-state index contributed by atoms with van der Waals surface area (Å²) in [4.78, 5) is 16.2. The lowest BCUT2D eigenvalue weighted by Gasteiger charge is -2.16. The summed E-state index contributed by atoms with van der Waals surface area (Å²) in [6, 6.07) is 5.16. The van der Waals surface area contributed by atoms with Crippen molar-refractivity contribution < 1.29 is 13.2 Å². The van der Waals surface area contributed by atoms with Crippen LogP contribution in [-0.4, -0.2) is 41.8 Å². The lowest BCUT2D eigenvalue weighted by molar-refractivity contribution is 0.102. The van der Waals surface area contributed by atoms with Crippen LogP contribution >= 0.6 is 11.3 Å². The Morgan fingerprint density at radius 1 is 1.40 bits per heavy atom. The van der Waals surface area contributed by atoms with Crippen LogP contribution in [0.1, 0.15) is 16.9 Å². The number of hydrogen-bond acceptors (Lipinski definition) is 7. The van der Waals surface area contributed by atoms with Crippen LogP contribution in [0.15, 0.2) is 23.6 Å². The van der Waals surface area contributed by atoms with Crippen molar-refractivity contribution in [3.8, 4) is 0 Å². The molecule has 0 spiro atoms. The predicted octanol–water partition coefficient (Wildman–Crippen LogP) is 1.39. The van der Waals surface area contributed by atoms with Gasteiger partial charge in [-0.2, -0.15) is 5.10 Å². The Balaban J connectivity index is 1.68. The Bertz CT molecular complexity index is 1070. The topological polar surface area (TPSA) is 134 Å². The monoisotopic (exact) mass is 378 g/mol. The van der Waals surface area contributed by atoms with Gasteiger partial charge in [0.1, 0.15) is 5.69 Å². The van der Waals surface area contributed by atoms with Crippen LogP contribution in [0.4, 0.5) is 16.6 Å². The predicted molar refractivity (Wildman–Crippen MR) is 96.3 cm³/mol. The highest BCUT2D eigenvalue weighted by atomic mass is 32.2. The second-order valence-electron chi connectivity index (χ2n) is 5.57. The number of nitrogens with two attached hydrogens (primary N) is 1. The standard InChI is InChI=1S/C14H14N6O3S2/c15-14-16-11(7-24-14)13(21)17-12-9-6-8(2-3-10(9)18-19-12)20-4-1-5-25(20,22)23/h2-3,6-7H,1,4-5H2,(H2,15,16)(H2,17,18,19,21). The number of nitrogen functional groups attached to an aromatic ring is 1. The first kappa shape index (κ1) is 15.8. The number of rotatable bonds is 3. The summed E-state index contributed by atoms with van der Waals surface area (Å²) >= 11 is 1.17. The maximum atomic E-state index is 12.2. The summed E-state index contributed by atoms with van der Waals surface area (Å²) < 4.78 is 25.6. The Labute approximate surface area is 146 Å². The van der Waals surface area contributed by atoms with E-state index in [1.54, 1.807) is 23.6 Å². The lowest BCUT2D eigenvalue weighted by atomic mass is 10.2. The summed E-state index contributed by atoms with van der Waals surface area (Å²) in [5.74, 6) is 0.0243. The zero-order valence-corrected chi connectivity index (χ0v) is 14.5. The SMILES string of the molecule is Nc1nc(C(=O)Nc2n[nH]c3ccc(N4CCCS4(=O)=O)cc23)cs1. The molecule has 4 rings (SSSR count). The number of anilines is 3. The molecule has 2 aromatic heterocycles. The van der Waals surface area contributed by atoms with Crippen molar-refractivity contribution in [1.29, 1.82) is 0 Å². The molecule has 0 atom stereocenters. The fourth-order valence-corrected chi connectivity index (χ4v) is 4.84. The van der Waals surface area contributed by atoms with Crippen LogP contribution in [-0.2, 0) is 10.0 Å². The molecule has 3 aromatic rings. The largest absolute Gasteiger partial charge is 0.375 e. The number of carbonyl (C=O) groups is 1. The highest BCUT2D eigenvalue weighted by molar-refractivity contribution is 7.93. The van der Waals surface area contributed by atoms with Gasteiger partial charge in [-0.05, 0) is 24.6 Å². The molecule has 0 unspecified atom stereocenters. The third kappa shape index (κ3) is 2.81. The maximum absolute atomic E-state index is 12.2. The zero-order valence-electron chi connectivity index (χ0n) is 12.9. The van der Waals surface area contributed by atoms with Crippen LogP contribution in [0.25, 0.3) is 10.9 Å². The number of hydrogen-bond donors (Lipinski definition) is 3. The number of H-pyrrole nitrogens is 1. The molecule has 1 aliphatic heterocycles. The van der Waals surface area contributed by atoms with Crippen LogP contribution in [0.5, 0.6) is 0 Å². The van der Waals surface area contributed by atoms with Crippen molar-refractivity contribution >= 4 is 54.8 Å². The highest BCUT2D eigenvalue weighted by Crippen LogP contribution is 2.30. The first-order chi connectivity index (χ1) is 11.9. The molecule has 1 saturated heterocycles. The van der Waals surface area contributed by atoms with E-state index in [-0.39, 0.29) is 11.4 Å². The van der Waals surface area contributed by atoms with Gasteiger partial charge in [0.2, 0.25) is 10.0 Å². The molecule has 0 radical (unpaired) electrons. The third-order valence-electron chi connectivity index (χ3n) is 3.92. The molecule has 1 amide bonds. The molecule has 25 heavy (non-hydrogen) atoms. The molecule has 1 fully saturated rings. The van der Waals surface area contributed by atoms with Crippen molar-refractivity contribution in [1.82, 2.24) is 15.2 Å². The first-order valence-corrected chi connectivity index (χ1v) is 9.94. The molecule has 130 valence electrons. The molecular formula is C14H14N6O3S2. The molecule has 0 bridgehead atoms. The highest BCUT2D eigenvalue weighted by Gasteiger charge is 2.28. The van der Waals surface area contributed by atoms with Gasteiger partial charge in [-0.25, -0.2) is 13.4 Å². The summed E-state index contributed by atoms with van der Waals surface area (Å²) in [5, 5.41) is 12.1. The van der Waals surface area contributed by atoms with Crippen molar-refractivity contribution in [2.45, 2.75) is 6.42 Å². The van der Waals surface area contributed by atoms with E-state index in [9.17, 15) is 13.2 Å². The molecule has 1 aromatic carbocycles. The van der Waals surface area contributed by atoms with Gasteiger partial charge in [0, 0.05) is 17.3 Å². The number of thiazole rings is 1. The molecule has 3 heterocycles. The fraction of sp³-hybridized carbons (Fsp3) is 0.214. The molecule has 9 nitrogen and oxygen atoms in total. The van der Waals surface area contributed by atoms with Crippen molar-refractivity contribution in [3.05, 3.63) is 29.3 Å². The Morgan fingerprint density at radius 2 is 2.24 bits per heavy atom. The normalized spacial score (nSPS) is 16.4. The number of amides is 1. The van der Waals surface area contributed by atoms with E-state index in [0.29, 0.717) is 40.5 Å². The number of benzene rings is 1. The molecule has 11 heteroatoms. The molecule has 1 aliphatic rings. The summed E-state index contributed by atoms with van der Waals surface area (Å²) in [6.07, 6.45) is 0.598. The van der Waals surface area contributed by atoms with E-state index < -0.39 is 15.9 Å². The minimum absolute atomic E-state index is 0.144. The number of aromatic amines is 1. The van der Waals surface area contributed by atoms with Crippen LogP contribution in [0.2, 0.25) is 0 Å². The smallest absolute Gasteiger partial charge is 0.276 e. The van der Waals surface area contributed by atoms with Gasteiger partial charge in [0.15, 0.2) is 10.9 Å². The number of nitrogens with one attached hydrogen (secondary N) is 2. The number of aromatic nitrogens is 3. The van der Waals surface area contributed by atoms with E-state index >= 15 is 0 Å². The van der Waals surface area contributed by atoms with E-state index in [4.69, 9.17) is 5.73 Å². The van der Waals surface area contributed by atoms with E-state index in [2.05, 4.69) is 20.5 Å². The Kier molecular flexibility index (Phi) is 3.62. The molecular weight excluding hydrogens is 364 g/mol. The number of fused-ring (bicyclic) bond motifs is 1. The molecule has 0 saturated carbocycles. The van der Waals surface area contributed by atoms with Gasteiger partial charge >= 0.3 is 0 Å². The van der Waals surface area contributed by atoms with Crippen LogP contribution < -0.4 is 15.4 Å². The van der Waals surface area contributed by atoms with Gasteiger partial charge in [0.25, 0.3) is 5.91 Å². The summed E-state index contributed by atoms with van der Waals surface area (Å²) in [6.45, 7) is 0.450.